The normalized spacial score (nSPS) is 11.6. The third-order valence-corrected chi connectivity index (χ3v) is 3.31. The Balaban J connectivity index is 1.99. The second-order valence-corrected chi connectivity index (χ2v) is 5.22. The molecule has 0 aliphatic rings. The molecule has 0 aromatic heterocycles. The minimum absolute atomic E-state index is 0.352. The summed E-state index contributed by atoms with van der Waals surface area (Å²) in [4.78, 5) is 24.1. The van der Waals surface area contributed by atoms with Gasteiger partial charge in [-0.25, -0.2) is 4.79 Å². The van der Waals surface area contributed by atoms with E-state index in [0.717, 1.165) is 11.1 Å². The molecule has 0 aliphatic carbocycles. The van der Waals surface area contributed by atoms with Crippen LogP contribution in [0.1, 0.15) is 28.4 Å². The minimum Gasteiger partial charge on any atom is -0.449 e. The predicted octanol–water partition coefficient (Wildman–Crippen LogP) is 3.49. The first-order valence-electron chi connectivity index (χ1n) is 7.11. The highest BCUT2D eigenvalue weighted by Gasteiger charge is 2.19. The maximum absolute atomic E-state index is 12.1. The summed E-state index contributed by atoms with van der Waals surface area (Å²) in [5, 5.41) is 2.76. The second-order valence-electron chi connectivity index (χ2n) is 5.22. The summed E-state index contributed by atoms with van der Waals surface area (Å²) in [6, 6.07) is 14.5. The second kappa shape index (κ2) is 6.89. The van der Waals surface area contributed by atoms with Crippen molar-refractivity contribution in [3.63, 3.8) is 0 Å². The SMILES string of the molecule is Cc1cccc(C(=O)O[C@@H](C)C(=O)Nc2ccccc2C)c1. The van der Waals surface area contributed by atoms with Crippen LogP contribution in [0.5, 0.6) is 0 Å². The van der Waals surface area contributed by atoms with E-state index in [-0.39, 0.29) is 5.91 Å². The van der Waals surface area contributed by atoms with E-state index in [1.54, 1.807) is 25.1 Å². The van der Waals surface area contributed by atoms with Gasteiger partial charge in [0.05, 0.1) is 5.56 Å². The summed E-state index contributed by atoms with van der Waals surface area (Å²) in [7, 11) is 0. The van der Waals surface area contributed by atoms with E-state index in [0.29, 0.717) is 11.3 Å². The molecule has 114 valence electrons. The topological polar surface area (TPSA) is 55.4 Å². The first-order chi connectivity index (χ1) is 10.5. The summed E-state index contributed by atoms with van der Waals surface area (Å²) in [6.45, 7) is 5.35. The fourth-order valence-corrected chi connectivity index (χ4v) is 2.00. The van der Waals surface area contributed by atoms with E-state index in [2.05, 4.69) is 5.32 Å². The number of amides is 1. The van der Waals surface area contributed by atoms with Crippen LogP contribution in [0.25, 0.3) is 0 Å². The predicted molar refractivity (Wildman–Crippen MR) is 85.9 cm³/mol. The zero-order valence-electron chi connectivity index (χ0n) is 12.9. The van der Waals surface area contributed by atoms with Gasteiger partial charge in [0.25, 0.3) is 5.91 Å². The smallest absolute Gasteiger partial charge is 0.338 e. The van der Waals surface area contributed by atoms with Crippen molar-refractivity contribution in [1.29, 1.82) is 0 Å². The number of carbonyl (C=O) groups excluding carboxylic acids is 2. The van der Waals surface area contributed by atoms with Crippen LogP contribution in [0, 0.1) is 13.8 Å². The lowest BCUT2D eigenvalue weighted by atomic mass is 10.1. The quantitative estimate of drug-likeness (QED) is 0.879. The third-order valence-electron chi connectivity index (χ3n) is 3.31. The van der Waals surface area contributed by atoms with Crippen molar-refractivity contribution in [3.8, 4) is 0 Å². The van der Waals surface area contributed by atoms with Gasteiger partial charge < -0.3 is 10.1 Å². The molecule has 1 N–H and O–H groups in total. The van der Waals surface area contributed by atoms with E-state index in [1.165, 1.54) is 0 Å². The highest BCUT2D eigenvalue weighted by atomic mass is 16.5. The Labute approximate surface area is 130 Å². The zero-order chi connectivity index (χ0) is 16.1. The lowest BCUT2D eigenvalue weighted by molar-refractivity contribution is -0.123. The summed E-state index contributed by atoms with van der Waals surface area (Å²) in [6.07, 6.45) is -0.868. The van der Waals surface area contributed by atoms with Crippen LogP contribution in [-0.2, 0) is 9.53 Å². The number of para-hydroxylation sites is 1. The lowest BCUT2D eigenvalue weighted by Crippen LogP contribution is -2.30. The molecule has 0 unspecified atom stereocenters. The van der Waals surface area contributed by atoms with Crippen molar-refractivity contribution >= 4 is 17.6 Å². The van der Waals surface area contributed by atoms with Crippen molar-refractivity contribution in [2.45, 2.75) is 26.9 Å². The van der Waals surface area contributed by atoms with Gasteiger partial charge in [0.15, 0.2) is 6.10 Å². The van der Waals surface area contributed by atoms with Gasteiger partial charge in [0.2, 0.25) is 0 Å². The Kier molecular flexibility index (Phi) is 4.94. The highest BCUT2D eigenvalue weighted by Crippen LogP contribution is 2.14. The first kappa shape index (κ1) is 15.8. The molecule has 4 nitrogen and oxygen atoms in total. The van der Waals surface area contributed by atoms with Gasteiger partial charge >= 0.3 is 5.97 Å². The Morgan fingerprint density at radius 2 is 1.77 bits per heavy atom. The fourth-order valence-electron chi connectivity index (χ4n) is 2.00. The maximum Gasteiger partial charge on any atom is 0.338 e. The summed E-state index contributed by atoms with van der Waals surface area (Å²) < 4.78 is 5.21. The van der Waals surface area contributed by atoms with E-state index in [9.17, 15) is 9.59 Å². The van der Waals surface area contributed by atoms with Gasteiger partial charge in [-0.05, 0) is 44.5 Å². The molecule has 0 aliphatic heterocycles. The molecular weight excluding hydrogens is 278 g/mol. The van der Waals surface area contributed by atoms with Crippen molar-refractivity contribution in [2.24, 2.45) is 0 Å². The standard InChI is InChI=1S/C18H19NO3/c1-12-7-6-9-15(11-12)18(21)22-14(3)17(20)19-16-10-5-4-8-13(16)2/h4-11,14H,1-3H3,(H,19,20)/t14-/m0/s1. The van der Waals surface area contributed by atoms with Crippen LogP contribution >= 0.6 is 0 Å². The van der Waals surface area contributed by atoms with Gasteiger partial charge in [-0.2, -0.15) is 0 Å². The molecule has 1 amide bonds. The van der Waals surface area contributed by atoms with Gasteiger partial charge in [-0.1, -0.05) is 35.9 Å². The van der Waals surface area contributed by atoms with Crippen LogP contribution in [0.3, 0.4) is 0 Å². The largest absolute Gasteiger partial charge is 0.449 e. The lowest BCUT2D eigenvalue weighted by Gasteiger charge is -2.14. The molecule has 0 bridgehead atoms. The van der Waals surface area contributed by atoms with Crippen LogP contribution in [0.2, 0.25) is 0 Å². The zero-order valence-corrected chi connectivity index (χ0v) is 12.9. The summed E-state index contributed by atoms with van der Waals surface area (Å²) in [5.74, 6) is -0.855. The van der Waals surface area contributed by atoms with Crippen molar-refractivity contribution in [3.05, 3.63) is 65.2 Å². The molecule has 2 aromatic carbocycles. The molecule has 0 saturated carbocycles. The summed E-state index contributed by atoms with van der Waals surface area (Å²) in [5.41, 5.74) is 3.07. The highest BCUT2D eigenvalue weighted by molar-refractivity contribution is 5.97. The van der Waals surface area contributed by atoms with E-state index in [4.69, 9.17) is 4.74 Å². The molecule has 2 aromatic rings. The van der Waals surface area contributed by atoms with Crippen molar-refractivity contribution in [1.82, 2.24) is 0 Å². The molecule has 0 heterocycles. The number of aryl methyl sites for hydroxylation is 2. The van der Waals surface area contributed by atoms with Gasteiger partial charge in [-0.3, -0.25) is 4.79 Å². The first-order valence-corrected chi connectivity index (χ1v) is 7.11. The number of rotatable bonds is 4. The Morgan fingerprint density at radius 3 is 2.45 bits per heavy atom. The molecule has 0 saturated heterocycles. The average Bonchev–Trinajstić information content (AvgIpc) is 2.49. The Morgan fingerprint density at radius 1 is 1.05 bits per heavy atom. The molecule has 0 fully saturated rings. The molecule has 2 rings (SSSR count). The molecule has 22 heavy (non-hydrogen) atoms. The van der Waals surface area contributed by atoms with Crippen LogP contribution in [-0.4, -0.2) is 18.0 Å². The number of hydrogen-bond donors (Lipinski definition) is 1. The minimum atomic E-state index is -0.868. The number of carbonyl (C=O) groups is 2. The van der Waals surface area contributed by atoms with E-state index < -0.39 is 12.1 Å². The van der Waals surface area contributed by atoms with Crippen molar-refractivity contribution in [2.75, 3.05) is 5.32 Å². The van der Waals surface area contributed by atoms with Gasteiger partial charge in [0, 0.05) is 5.69 Å². The fraction of sp³-hybridized carbons (Fsp3) is 0.222. The molecule has 0 spiro atoms. The molecule has 0 radical (unpaired) electrons. The van der Waals surface area contributed by atoms with Crippen LogP contribution < -0.4 is 5.32 Å². The maximum atomic E-state index is 12.1. The average molecular weight is 297 g/mol. The van der Waals surface area contributed by atoms with E-state index in [1.807, 2.05) is 44.2 Å². The van der Waals surface area contributed by atoms with Gasteiger partial charge in [0.1, 0.15) is 0 Å². The van der Waals surface area contributed by atoms with Crippen LogP contribution in [0.15, 0.2) is 48.5 Å². The Bertz CT molecular complexity index is 694. The number of ether oxygens (including phenoxy) is 1. The molecular formula is C18H19NO3. The van der Waals surface area contributed by atoms with Crippen molar-refractivity contribution < 1.29 is 14.3 Å². The number of esters is 1. The molecule has 4 heteroatoms. The molecule has 1 atom stereocenters. The number of nitrogens with one attached hydrogen (secondary N) is 1. The van der Waals surface area contributed by atoms with E-state index >= 15 is 0 Å². The Hall–Kier alpha value is -2.62. The monoisotopic (exact) mass is 297 g/mol. The van der Waals surface area contributed by atoms with Gasteiger partial charge in [-0.15, -0.1) is 0 Å². The summed E-state index contributed by atoms with van der Waals surface area (Å²) >= 11 is 0. The third kappa shape index (κ3) is 3.95. The number of hydrogen-bond acceptors (Lipinski definition) is 3. The number of benzene rings is 2. The number of anilines is 1. The van der Waals surface area contributed by atoms with Crippen LogP contribution in [0.4, 0.5) is 5.69 Å².